The molecule has 8 rings (SSSR count). The van der Waals surface area contributed by atoms with Gasteiger partial charge in [-0.05, 0) is 74.2 Å². The molecule has 1 amide bonds. The van der Waals surface area contributed by atoms with E-state index in [1.165, 1.54) is 0 Å². The number of aliphatic hydroxyl groups is 1. The molecule has 250 valence electrons. The van der Waals surface area contributed by atoms with Gasteiger partial charge in [-0.1, -0.05) is 24.6 Å². The van der Waals surface area contributed by atoms with Crippen LogP contribution in [0.1, 0.15) is 61.6 Å². The van der Waals surface area contributed by atoms with Crippen LogP contribution in [0, 0.1) is 5.41 Å². The molecule has 1 saturated heterocycles. The average Bonchev–Trinajstić information content (AvgIpc) is 3.84. The lowest BCUT2D eigenvalue weighted by atomic mass is 9.95. The standard InChI is InChI=1S/C36H36F2N4O6/c1-20(40-33(45)34(2,37)38)31(22-8-11-27-28(17-22)47-14-13-46-27)48-25-9-10-26-23(16-25)18-39-42(26)24-6-3-5-21(15-24)30(44)32-36(41-32)19-35(36)12-4-7-29(35)43/h3,5-6,8-11,15-18,20,29,31-32,41,43H,4,7,12-14,19H2,1-2H3,(H,40,45)/t20-,29-,31-,32?,35?,36-/m0/s1. The quantitative estimate of drug-likeness (QED) is 0.171. The number of amides is 1. The number of halogens is 2. The Kier molecular flexibility index (Phi) is 7.05. The number of nitrogens with zero attached hydrogens (tertiary/aromatic N) is 2. The van der Waals surface area contributed by atoms with Crippen molar-refractivity contribution in [2.45, 2.75) is 75.3 Å². The number of benzene rings is 3. The van der Waals surface area contributed by atoms with Crippen molar-refractivity contribution in [3.05, 3.63) is 78.0 Å². The van der Waals surface area contributed by atoms with Crippen molar-refractivity contribution in [2.75, 3.05) is 13.2 Å². The third-order valence-corrected chi connectivity index (χ3v) is 10.5. The minimum absolute atomic E-state index is 0.0206. The van der Waals surface area contributed by atoms with Gasteiger partial charge >= 0.3 is 5.92 Å². The van der Waals surface area contributed by atoms with E-state index < -0.39 is 24.0 Å². The first-order chi connectivity index (χ1) is 23.0. The number of carbonyl (C=O) groups is 2. The van der Waals surface area contributed by atoms with Crippen LogP contribution in [-0.2, 0) is 4.79 Å². The second-order valence-electron chi connectivity index (χ2n) is 13.6. The molecule has 3 N–H and O–H groups in total. The Bertz CT molecular complexity index is 1940. The highest BCUT2D eigenvalue weighted by Gasteiger charge is 2.84. The molecule has 12 heteroatoms. The minimum Gasteiger partial charge on any atom is -0.486 e. The van der Waals surface area contributed by atoms with Crippen molar-refractivity contribution in [1.29, 1.82) is 0 Å². The molecule has 2 unspecified atom stereocenters. The number of hydrogen-bond acceptors (Lipinski definition) is 8. The molecule has 2 aliphatic heterocycles. The maximum Gasteiger partial charge on any atom is 0.321 e. The molecular formula is C36H36F2N4O6. The van der Waals surface area contributed by atoms with Gasteiger partial charge in [0.05, 0.1) is 41.1 Å². The third kappa shape index (κ3) is 5.00. The smallest absolute Gasteiger partial charge is 0.321 e. The van der Waals surface area contributed by atoms with Crippen molar-refractivity contribution in [2.24, 2.45) is 5.41 Å². The predicted octanol–water partition coefficient (Wildman–Crippen LogP) is 4.90. The first-order valence-corrected chi connectivity index (χ1v) is 16.3. The highest BCUT2D eigenvalue weighted by atomic mass is 19.3. The molecule has 1 aromatic heterocycles. The lowest BCUT2D eigenvalue weighted by molar-refractivity contribution is -0.144. The van der Waals surface area contributed by atoms with Crippen molar-refractivity contribution < 1.29 is 37.7 Å². The van der Waals surface area contributed by atoms with Gasteiger partial charge in [0.25, 0.3) is 5.91 Å². The maximum atomic E-state index is 13.8. The van der Waals surface area contributed by atoms with Gasteiger partial charge in [-0.15, -0.1) is 0 Å². The van der Waals surface area contributed by atoms with Gasteiger partial charge in [-0.25, -0.2) is 4.68 Å². The Balaban J connectivity index is 1.04. The summed E-state index contributed by atoms with van der Waals surface area (Å²) in [6, 6.07) is 16.8. The van der Waals surface area contributed by atoms with E-state index in [4.69, 9.17) is 14.2 Å². The van der Waals surface area contributed by atoms with Crippen LogP contribution in [-0.4, -0.2) is 69.4 Å². The van der Waals surface area contributed by atoms with Crippen LogP contribution in [0.4, 0.5) is 8.78 Å². The van der Waals surface area contributed by atoms with Gasteiger partial charge in [0.2, 0.25) is 0 Å². The summed E-state index contributed by atoms with van der Waals surface area (Å²) in [5, 5.41) is 21.7. The number of Topliss-reactive ketones (excluding diaryl/α,β-unsaturated/α-hetero) is 1. The van der Waals surface area contributed by atoms with E-state index in [1.807, 2.05) is 30.3 Å². The topological polar surface area (TPSA) is 134 Å². The zero-order valence-electron chi connectivity index (χ0n) is 26.5. The van der Waals surface area contributed by atoms with Gasteiger partial charge < -0.3 is 24.6 Å². The molecule has 2 aliphatic carbocycles. The Morgan fingerprint density at radius 1 is 1.12 bits per heavy atom. The summed E-state index contributed by atoms with van der Waals surface area (Å²) in [5.74, 6) is -3.43. The molecule has 3 fully saturated rings. The number of aromatic nitrogens is 2. The van der Waals surface area contributed by atoms with Crippen LogP contribution in [0.25, 0.3) is 16.6 Å². The lowest BCUT2D eigenvalue weighted by Gasteiger charge is -2.28. The number of ether oxygens (including phenoxy) is 3. The highest BCUT2D eigenvalue weighted by Crippen LogP contribution is 2.72. The van der Waals surface area contributed by atoms with E-state index >= 15 is 0 Å². The molecule has 2 saturated carbocycles. The minimum atomic E-state index is -3.56. The van der Waals surface area contributed by atoms with E-state index in [0.717, 1.165) is 42.3 Å². The normalized spacial score (nSPS) is 26.8. The monoisotopic (exact) mass is 658 g/mol. The summed E-state index contributed by atoms with van der Waals surface area (Å²) in [7, 11) is 0. The molecule has 48 heavy (non-hydrogen) atoms. The molecule has 10 nitrogen and oxygen atoms in total. The van der Waals surface area contributed by atoms with Crippen LogP contribution in [0.5, 0.6) is 17.2 Å². The summed E-state index contributed by atoms with van der Waals surface area (Å²) in [6.45, 7) is 2.95. The number of nitrogens with one attached hydrogen (secondary N) is 2. The number of aliphatic hydroxyl groups excluding tert-OH is 1. The Morgan fingerprint density at radius 2 is 1.94 bits per heavy atom. The van der Waals surface area contributed by atoms with Crippen LogP contribution in [0.2, 0.25) is 0 Å². The third-order valence-electron chi connectivity index (χ3n) is 10.5. The summed E-state index contributed by atoms with van der Waals surface area (Å²) in [5.41, 5.74) is 2.25. The molecule has 0 bridgehead atoms. The first-order valence-electron chi connectivity index (χ1n) is 16.3. The van der Waals surface area contributed by atoms with E-state index in [0.29, 0.717) is 48.5 Å². The largest absolute Gasteiger partial charge is 0.486 e. The Labute approximate surface area is 275 Å². The number of rotatable bonds is 9. The van der Waals surface area contributed by atoms with Crippen LogP contribution >= 0.6 is 0 Å². The molecule has 3 heterocycles. The summed E-state index contributed by atoms with van der Waals surface area (Å²) >= 11 is 0. The van der Waals surface area contributed by atoms with E-state index in [9.17, 15) is 23.5 Å². The molecular weight excluding hydrogens is 622 g/mol. The van der Waals surface area contributed by atoms with E-state index in [2.05, 4.69) is 15.7 Å². The number of hydrogen-bond donors (Lipinski definition) is 3. The molecule has 6 atom stereocenters. The van der Waals surface area contributed by atoms with Gasteiger partial charge in [0, 0.05) is 23.3 Å². The molecule has 0 radical (unpaired) electrons. The number of alkyl halides is 2. The van der Waals surface area contributed by atoms with Gasteiger partial charge in [-0.3, -0.25) is 14.9 Å². The fourth-order valence-electron chi connectivity index (χ4n) is 7.82. The number of fused-ring (bicyclic) bond motifs is 3. The van der Waals surface area contributed by atoms with E-state index in [-0.39, 0.29) is 28.9 Å². The first kappa shape index (κ1) is 30.8. The summed E-state index contributed by atoms with van der Waals surface area (Å²) in [4.78, 5) is 25.8. The van der Waals surface area contributed by atoms with E-state index in [1.54, 1.807) is 48.1 Å². The van der Waals surface area contributed by atoms with Crippen molar-refractivity contribution in [3.63, 3.8) is 0 Å². The zero-order valence-corrected chi connectivity index (χ0v) is 26.5. The van der Waals surface area contributed by atoms with Crippen molar-refractivity contribution in [1.82, 2.24) is 20.4 Å². The second-order valence-corrected chi connectivity index (χ2v) is 13.6. The molecule has 4 aromatic rings. The van der Waals surface area contributed by atoms with Crippen molar-refractivity contribution >= 4 is 22.6 Å². The van der Waals surface area contributed by atoms with Gasteiger partial charge in [-0.2, -0.15) is 13.9 Å². The fourth-order valence-corrected chi connectivity index (χ4v) is 7.82. The molecule has 2 spiro atoms. The SMILES string of the molecule is C[C@H](NC(=O)C(C)(F)F)[C@H](Oc1ccc2c(cnn2-c2cccc(C(=O)C3N[C@@]34CC43CCC[C@@H]3O)c2)c1)c1ccc2c(c1)OCCO2. The zero-order chi connectivity index (χ0) is 33.4. The lowest BCUT2D eigenvalue weighted by Crippen LogP contribution is -2.46. The Morgan fingerprint density at radius 3 is 2.71 bits per heavy atom. The maximum absolute atomic E-state index is 13.8. The number of ketones is 1. The molecule has 3 aromatic carbocycles. The average molecular weight is 659 g/mol. The van der Waals surface area contributed by atoms with Crippen LogP contribution in [0.15, 0.2) is 66.9 Å². The van der Waals surface area contributed by atoms with Crippen molar-refractivity contribution in [3.8, 4) is 22.9 Å². The Hall–Kier alpha value is -4.55. The van der Waals surface area contributed by atoms with Crippen LogP contribution in [0.3, 0.4) is 0 Å². The fraction of sp³-hybridized carbons (Fsp3) is 0.417. The van der Waals surface area contributed by atoms with Crippen LogP contribution < -0.4 is 24.8 Å². The van der Waals surface area contributed by atoms with Gasteiger partial charge in [0.1, 0.15) is 25.1 Å². The predicted molar refractivity (Wildman–Crippen MR) is 171 cm³/mol. The molecule has 4 aliphatic rings. The summed E-state index contributed by atoms with van der Waals surface area (Å²) in [6.07, 6.45) is 4.08. The highest BCUT2D eigenvalue weighted by molar-refractivity contribution is 6.05. The number of carbonyl (C=O) groups excluding carboxylic acids is 2. The van der Waals surface area contributed by atoms with Gasteiger partial charge in [0.15, 0.2) is 17.3 Å². The summed E-state index contributed by atoms with van der Waals surface area (Å²) < 4.78 is 47.1. The second kappa shape index (κ2) is 11.0.